The molecule has 1 aromatic heterocycles. The molecule has 0 unspecified atom stereocenters. The number of methoxy groups -OCH3 is 1. The van der Waals surface area contributed by atoms with Crippen molar-refractivity contribution < 1.29 is 9.47 Å². The zero-order valence-electron chi connectivity index (χ0n) is 14.6. The Balaban J connectivity index is 1.67. The van der Waals surface area contributed by atoms with Crippen LogP contribution in [0.25, 0.3) is 0 Å². The molecule has 0 spiro atoms. The molecule has 0 aliphatic rings. The number of rotatable bonds is 8. The Morgan fingerprint density at radius 3 is 2.67 bits per heavy atom. The zero-order valence-corrected chi connectivity index (χ0v) is 18.5. The fraction of sp³-hybridized carbons (Fsp3) is 0.200. The van der Waals surface area contributed by atoms with Crippen LogP contribution in [0.5, 0.6) is 11.5 Å². The van der Waals surface area contributed by atoms with E-state index in [4.69, 9.17) is 32.7 Å². The number of nitrogens with one attached hydrogen (secondary N) is 1. The summed E-state index contributed by atoms with van der Waals surface area (Å²) in [7, 11) is 1.63. The van der Waals surface area contributed by atoms with Gasteiger partial charge in [0.1, 0.15) is 6.61 Å². The van der Waals surface area contributed by atoms with Crippen molar-refractivity contribution in [1.82, 2.24) is 5.32 Å². The molecule has 2 aromatic carbocycles. The maximum atomic E-state index is 6.22. The summed E-state index contributed by atoms with van der Waals surface area (Å²) in [5, 5.41) is 6.69. The van der Waals surface area contributed by atoms with Gasteiger partial charge in [-0.15, -0.1) is 11.3 Å². The quantitative estimate of drug-likeness (QED) is 0.384. The minimum atomic E-state index is 0.320. The van der Waals surface area contributed by atoms with Gasteiger partial charge in [0.15, 0.2) is 11.5 Å². The van der Waals surface area contributed by atoms with Crippen LogP contribution >= 0.6 is 50.5 Å². The summed E-state index contributed by atoms with van der Waals surface area (Å²) < 4.78 is 12.3. The molecule has 0 aliphatic carbocycles. The van der Waals surface area contributed by atoms with Crippen molar-refractivity contribution in [1.29, 1.82) is 0 Å². The van der Waals surface area contributed by atoms with Crippen molar-refractivity contribution in [2.24, 2.45) is 0 Å². The summed E-state index contributed by atoms with van der Waals surface area (Å²) in [6, 6.07) is 13.5. The second kappa shape index (κ2) is 9.80. The van der Waals surface area contributed by atoms with Gasteiger partial charge < -0.3 is 14.8 Å². The Morgan fingerprint density at radius 2 is 1.96 bits per heavy atom. The molecule has 0 bridgehead atoms. The van der Waals surface area contributed by atoms with E-state index in [1.165, 1.54) is 4.88 Å². The van der Waals surface area contributed by atoms with Gasteiger partial charge >= 0.3 is 0 Å². The lowest BCUT2D eigenvalue weighted by Gasteiger charge is -2.15. The first-order valence-corrected chi connectivity index (χ1v) is 10.7. The van der Waals surface area contributed by atoms with E-state index in [9.17, 15) is 0 Å². The van der Waals surface area contributed by atoms with E-state index >= 15 is 0 Å². The summed E-state index contributed by atoms with van der Waals surface area (Å²) >= 11 is 17.5. The minimum Gasteiger partial charge on any atom is -0.493 e. The smallest absolute Gasteiger partial charge is 0.175 e. The maximum absolute atomic E-state index is 6.22. The highest BCUT2D eigenvalue weighted by Gasteiger charge is 2.13. The molecule has 0 saturated heterocycles. The van der Waals surface area contributed by atoms with E-state index in [0.29, 0.717) is 28.2 Å². The van der Waals surface area contributed by atoms with Gasteiger partial charge in [-0.05, 0) is 57.2 Å². The Labute approximate surface area is 181 Å². The van der Waals surface area contributed by atoms with E-state index in [2.05, 4.69) is 38.8 Å². The van der Waals surface area contributed by atoms with Crippen LogP contribution in [-0.2, 0) is 19.7 Å². The Hall–Kier alpha value is -1.24. The lowest BCUT2D eigenvalue weighted by molar-refractivity contribution is 0.282. The fourth-order valence-corrected chi connectivity index (χ4v) is 4.29. The average Bonchev–Trinajstić information content (AvgIpc) is 3.15. The van der Waals surface area contributed by atoms with Gasteiger partial charge in [-0.25, -0.2) is 0 Å². The minimum absolute atomic E-state index is 0.320. The molecule has 3 aromatic rings. The van der Waals surface area contributed by atoms with E-state index in [1.54, 1.807) is 30.6 Å². The highest BCUT2D eigenvalue weighted by atomic mass is 79.9. The zero-order chi connectivity index (χ0) is 19.2. The van der Waals surface area contributed by atoms with E-state index in [0.717, 1.165) is 28.7 Å². The van der Waals surface area contributed by atoms with E-state index < -0.39 is 0 Å². The van der Waals surface area contributed by atoms with Crippen molar-refractivity contribution in [3.63, 3.8) is 0 Å². The molecule has 1 heterocycles. The molecule has 27 heavy (non-hydrogen) atoms. The summed E-state index contributed by atoms with van der Waals surface area (Å²) in [6.45, 7) is 1.89. The van der Waals surface area contributed by atoms with Crippen molar-refractivity contribution in [3.8, 4) is 11.5 Å². The average molecular weight is 487 g/mol. The van der Waals surface area contributed by atoms with Gasteiger partial charge in [-0.1, -0.05) is 35.3 Å². The lowest BCUT2D eigenvalue weighted by Crippen LogP contribution is -2.12. The SMILES string of the molecule is COc1cc(CNCc2cccs2)cc(Br)c1OCc1ccc(Cl)cc1Cl. The Kier molecular flexibility index (Phi) is 7.44. The third-order valence-corrected chi connectivity index (χ3v) is 5.94. The van der Waals surface area contributed by atoms with Crippen LogP contribution < -0.4 is 14.8 Å². The number of halogens is 3. The van der Waals surface area contributed by atoms with Crippen LogP contribution in [0.1, 0.15) is 16.0 Å². The first kappa shape index (κ1) is 20.5. The summed E-state index contributed by atoms with van der Waals surface area (Å²) in [5.74, 6) is 1.31. The second-order valence-electron chi connectivity index (χ2n) is 5.82. The molecule has 0 fully saturated rings. The fourth-order valence-electron chi connectivity index (χ4n) is 2.55. The number of ether oxygens (including phenoxy) is 2. The molecule has 3 nitrogen and oxygen atoms in total. The van der Waals surface area contributed by atoms with Crippen LogP contribution in [0.2, 0.25) is 10.0 Å². The Morgan fingerprint density at radius 1 is 1.11 bits per heavy atom. The Bertz CT molecular complexity index is 903. The molecule has 3 rings (SSSR count). The van der Waals surface area contributed by atoms with Crippen molar-refractivity contribution in [2.45, 2.75) is 19.7 Å². The molecule has 0 saturated carbocycles. The van der Waals surface area contributed by atoms with Crippen LogP contribution in [0.15, 0.2) is 52.3 Å². The van der Waals surface area contributed by atoms with Crippen LogP contribution in [0.3, 0.4) is 0 Å². The van der Waals surface area contributed by atoms with Crippen LogP contribution in [0, 0.1) is 0 Å². The molecule has 0 radical (unpaired) electrons. The van der Waals surface area contributed by atoms with Crippen LogP contribution in [0.4, 0.5) is 0 Å². The number of thiophene rings is 1. The third kappa shape index (κ3) is 5.62. The number of hydrogen-bond donors (Lipinski definition) is 1. The van der Waals surface area contributed by atoms with Gasteiger partial charge in [-0.3, -0.25) is 0 Å². The first-order chi connectivity index (χ1) is 13.1. The molecular weight excluding hydrogens is 469 g/mol. The van der Waals surface area contributed by atoms with Crippen molar-refractivity contribution in [3.05, 3.63) is 78.4 Å². The van der Waals surface area contributed by atoms with Crippen molar-refractivity contribution >= 4 is 50.5 Å². The van der Waals surface area contributed by atoms with Gasteiger partial charge in [0.25, 0.3) is 0 Å². The highest BCUT2D eigenvalue weighted by molar-refractivity contribution is 9.10. The van der Waals surface area contributed by atoms with E-state index in [1.807, 2.05) is 18.2 Å². The summed E-state index contributed by atoms with van der Waals surface area (Å²) in [6.07, 6.45) is 0. The standard InChI is InChI=1S/C20H18BrCl2NO2S/c1-25-19-8-13(10-24-11-16-3-2-6-27-16)7-17(21)20(19)26-12-14-4-5-15(22)9-18(14)23/h2-9,24H,10-12H2,1H3. The van der Waals surface area contributed by atoms with Crippen molar-refractivity contribution in [2.75, 3.05) is 7.11 Å². The largest absolute Gasteiger partial charge is 0.493 e. The highest BCUT2D eigenvalue weighted by Crippen LogP contribution is 2.37. The van der Waals surface area contributed by atoms with Gasteiger partial charge in [0.05, 0.1) is 11.6 Å². The topological polar surface area (TPSA) is 30.5 Å². The molecule has 0 atom stereocenters. The van der Waals surface area contributed by atoms with Crippen LogP contribution in [-0.4, -0.2) is 7.11 Å². The normalized spacial score (nSPS) is 10.8. The monoisotopic (exact) mass is 485 g/mol. The van der Waals surface area contributed by atoms with Gasteiger partial charge in [0, 0.05) is 33.6 Å². The molecule has 0 aliphatic heterocycles. The predicted molar refractivity (Wildman–Crippen MR) is 116 cm³/mol. The van der Waals surface area contributed by atoms with Gasteiger partial charge in [0.2, 0.25) is 0 Å². The lowest BCUT2D eigenvalue weighted by atomic mass is 10.2. The van der Waals surface area contributed by atoms with Gasteiger partial charge in [-0.2, -0.15) is 0 Å². The van der Waals surface area contributed by atoms with E-state index in [-0.39, 0.29) is 0 Å². The molecule has 1 N–H and O–H groups in total. The molecule has 142 valence electrons. The summed E-state index contributed by atoms with van der Waals surface area (Å²) in [4.78, 5) is 1.31. The molecule has 0 amide bonds. The predicted octanol–water partition coefficient (Wildman–Crippen LogP) is 6.69. The second-order valence-corrected chi connectivity index (χ2v) is 8.55. The molecule has 7 heteroatoms. The third-order valence-electron chi connectivity index (χ3n) is 3.88. The first-order valence-electron chi connectivity index (χ1n) is 8.23. The number of hydrogen-bond acceptors (Lipinski definition) is 4. The maximum Gasteiger partial charge on any atom is 0.175 e. The molecular formula is C20H18BrCl2NO2S. The summed E-state index contributed by atoms with van der Waals surface area (Å²) in [5.41, 5.74) is 1.96. The number of benzene rings is 2.